The van der Waals surface area contributed by atoms with Crippen LogP contribution < -0.4 is 15.0 Å². The maximum Gasteiger partial charge on any atom is 0.262 e. The van der Waals surface area contributed by atoms with Gasteiger partial charge in [-0.1, -0.05) is 24.3 Å². The van der Waals surface area contributed by atoms with Crippen molar-refractivity contribution in [2.24, 2.45) is 0 Å². The van der Waals surface area contributed by atoms with Gasteiger partial charge in [0.05, 0.1) is 29.8 Å². The highest BCUT2D eigenvalue weighted by Gasteiger charge is 2.12. The van der Waals surface area contributed by atoms with Crippen molar-refractivity contribution in [1.29, 1.82) is 5.26 Å². The first-order valence-electron chi connectivity index (χ1n) is 11.7. The minimum atomic E-state index is -0.241. The van der Waals surface area contributed by atoms with Crippen molar-refractivity contribution in [2.45, 2.75) is 0 Å². The van der Waals surface area contributed by atoms with E-state index in [0.717, 1.165) is 54.3 Å². The van der Waals surface area contributed by atoms with Crippen molar-refractivity contribution in [3.63, 3.8) is 0 Å². The number of morpholine rings is 1. The lowest BCUT2D eigenvalue weighted by Gasteiger charge is -2.28. The molecule has 0 saturated carbocycles. The van der Waals surface area contributed by atoms with E-state index < -0.39 is 0 Å². The molecule has 0 spiro atoms. The monoisotopic (exact) mass is 479 g/mol. The molecule has 0 unspecified atom stereocenters. The molecule has 5 rings (SSSR count). The number of amides is 1. The lowest BCUT2D eigenvalue weighted by molar-refractivity contribution is -0.118. The maximum atomic E-state index is 12.3. The Morgan fingerprint density at radius 2 is 1.83 bits per heavy atom. The van der Waals surface area contributed by atoms with Gasteiger partial charge in [-0.15, -0.1) is 0 Å². The molecule has 1 saturated heterocycles. The van der Waals surface area contributed by atoms with E-state index >= 15 is 0 Å². The van der Waals surface area contributed by atoms with E-state index in [1.807, 2.05) is 60.7 Å². The summed E-state index contributed by atoms with van der Waals surface area (Å²) in [4.78, 5) is 22.3. The molecule has 0 aliphatic carbocycles. The molecule has 4 aromatic rings. The van der Waals surface area contributed by atoms with E-state index in [9.17, 15) is 10.1 Å². The van der Waals surface area contributed by atoms with Crippen molar-refractivity contribution in [3.8, 4) is 11.8 Å². The Labute approximate surface area is 208 Å². The van der Waals surface area contributed by atoms with Gasteiger partial charge in [0, 0.05) is 24.5 Å². The van der Waals surface area contributed by atoms with E-state index in [0.29, 0.717) is 17.1 Å². The van der Waals surface area contributed by atoms with Crippen molar-refractivity contribution in [3.05, 3.63) is 84.2 Å². The number of allylic oxidation sites excluding steroid dienone is 1. The summed E-state index contributed by atoms with van der Waals surface area (Å²) in [6.07, 6.45) is 1.76. The number of nitrogens with zero attached hydrogens (tertiary/aromatic N) is 3. The van der Waals surface area contributed by atoms with Crippen molar-refractivity contribution in [1.82, 2.24) is 9.97 Å². The molecule has 0 bridgehead atoms. The number of aromatic amines is 1. The second kappa shape index (κ2) is 10.8. The van der Waals surface area contributed by atoms with Crippen LogP contribution in [0.5, 0.6) is 5.75 Å². The third-order valence-corrected chi connectivity index (χ3v) is 5.85. The highest BCUT2D eigenvalue weighted by Crippen LogP contribution is 2.21. The number of anilines is 2. The molecular formula is C28H25N5O3. The summed E-state index contributed by atoms with van der Waals surface area (Å²) >= 11 is 0. The lowest BCUT2D eigenvalue weighted by Crippen LogP contribution is -2.36. The fourth-order valence-electron chi connectivity index (χ4n) is 3.98. The van der Waals surface area contributed by atoms with Gasteiger partial charge in [-0.3, -0.25) is 4.79 Å². The third-order valence-electron chi connectivity index (χ3n) is 5.85. The SMILES string of the molecule is N#CC(=Cc1ccc(OCC(=O)Nc2ccc(N3CCOCC3)cc2)cc1)c1nc2ccccc2[nH]1. The molecule has 1 aliphatic rings. The zero-order valence-electron chi connectivity index (χ0n) is 19.6. The number of benzene rings is 3. The fraction of sp³-hybridized carbons (Fsp3) is 0.179. The van der Waals surface area contributed by atoms with E-state index in [1.54, 1.807) is 18.2 Å². The Morgan fingerprint density at radius 1 is 1.08 bits per heavy atom. The molecule has 1 amide bonds. The standard InChI is InChI=1S/C28H25N5O3/c29-18-21(28-31-25-3-1-2-4-26(25)32-28)17-20-5-11-24(12-6-20)36-19-27(34)30-22-7-9-23(10-8-22)33-13-15-35-16-14-33/h1-12,17H,13-16,19H2,(H,30,34)(H,31,32). The van der Waals surface area contributed by atoms with Crippen LogP contribution in [0.3, 0.4) is 0 Å². The molecule has 8 nitrogen and oxygen atoms in total. The summed E-state index contributed by atoms with van der Waals surface area (Å²) < 4.78 is 11.0. The molecular weight excluding hydrogens is 454 g/mol. The number of hydrogen-bond donors (Lipinski definition) is 2. The summed E-state index contributed by atoms with van der Waals surface area (Å²) in [6.45, 7) is 3.09. The number of hydrogen-bond acceptors (Lipinski definition) is 6. The number of fused-ring (bicyclic) bond motifs is 1. The Morgan fingerprint density at radius 3 is 2.56 bits per heavy atom. The van der Waals surface area contributed by atoms with Gasteiger partial charge < -0.3 is 24.7 Å². The Bertz CT molecular complexity index is 1380. The van der Waals surface area contributed by atoms with Gasteiger partial charge in [0.2, 0.25) is 0 Å². The average Bonchev–Trinajstić information content (AvgIpc) is 3.36. The molecule has 3 aromatic carbocycles. The smallest absolute Gasteiger partial charge is 0.262 e. The summed E-state index contributed by atoms with van der Waals surface area (Å²) in [7, 11) is 0. The van der Waals surface area contributed by atoms with Gasteiger partial charge in [0.1, 0.15) is 17.6 Å². The second-order valence-corrected chi connectivity index (χ2v) is 8.32. The highest BCUT2D eigenvalue weighted by molar-refractivity contribution is 5.92. The van der Waals surface area contributed by atoms with Crippen LogP contribution >= 0.6 is 0 Å². The van der Waals surface area contributed by atoms with Crippen LogP contribution in [0.25, 0.3) is 22.7 Å². The zero-order valence-corrected chi connectivity index (χ0v) is 19.6. The molecule has 0 radical (unpaired) electrons. The van der Waals surface area contributed by atoms with Crippen LogP contribution in [0, 0.1) is 11.3 Å². The van der Waals surface area contributed by atoms with Gasteiger partial charge in [0.25, 0.3) is 5.91 Å². The molecule has 0 atom stereocenters. The van der Waals surface area contributed by atoms with E-state index in [4.69, 9.17) is 9.47 Å². The summed E-state index contributed by atoms with van der Waals surface area (Å²) in [5, 5.41) is 12.5. The van der Waals surface area contributed by atoms with Gasteiger partial charge in [-0.05, 0) is 60.2 Å². The normalized spacial score (nSPS) is 13.9. The van der Waals surface area contributed by atoms with Crippen LogP contribution in [0.15, 0.2) is 72.8 Å². The first-order chi connectivity index (χ1) is 17.7. The number of imidazole rings is 1. The summed E-state index contributed by atoms with van der Waals surface area (Å²) in [6, 6.07) is 24.8. The Kier molecular flexibility index (Phi) is 6.92. The predicted octanol–water partition coefficient (Wildman–Crippen LogP) is 4.48. The first-order valence-corrected chi connectivity index (χ1v) is 11.7. The van der Waals surface area contributed by atoms with E-state index in [2.05, 4.69) is 26.3 Å². The zero-order chi connectivity index (χ0) is 24.7. The third kappa shape index (κ3) is 5.54. The fourth-order valence-corrected chi connectivity index (χ4v) is 3.98. The van der Waals surface area contributed by atoms with Crippen molar-refractivity contribution < 1.29 is 14.3 Å². The number of nitriles is 1. The molecule has 8 heteroatoms. The minimum absolute atomic E-state index is 0.108. The molecule has 2 N–H and O–H groups in total. The maximum absolute atomic E-state index is 12.3. The molecule has 36 heavy (non-hydrogen) atoms. The highest BCUT2D eigenvalue weighted by atomic mass is 16.5. The average molecular weight is 480 g/mol. The number of carbonyl (C=O) groups is 1. The number of ether oxygens (including phenoxy) is 2. The molecule has 2 heterocycles. The summed E-state index contributed by atoms with van der Waals surface area (Å²) in [5.41, 5.74) is 4.77. The molecule has 1 aromatic heterocycles. The number of carbonyl (C=O) groups excluding carboxylic acids is 1. The topological polar surface area (TPSA) is 103 Å². The number of para-hydroxylation sites is 2. The van der Waals surface area contributed by atoms with Gasteiger partial charge in [-0.2, -0.15) is 5.26 Å². The van der Waals surface area contributed by atoms with Crippen LogP contribution in [-0.2, 0) is 9.53 Å². The molecule has 180 valence electrons. The lowest BCUT2D eigenvalue weighted by atomic mass is 10.1. The largest absolute Gasteiger partial charge is 0.484 e. The Balaban J connectivity index is 1.15. The molecule has 1 fully saturated rings. The minimum Gasteiger partial charge on any atom is -0.484 e. The van der Waals surface area contributed by atoms with Gasteiger partial charge >= 0.3 is 0 Å². The van der Waals surface area contributed by atoms with Crippen molar-refractivity contribution >= 4 is 40.0 Å². The van der Waals surface area contributed by atoms with Crippen LogP contribution in [0.2, 0.25) is 0 Å². The first kappa shape index (κ1) is 23.1. The van der Waals surface area contributed by atoms with Crippen LogP contribution in [0.4, 0.5) is 11.4 Å². The number of rotatable bonds is 7. The van der Waals surface area contributed by atoms with Gasteiger partial charge in [-0.25, -0.2) is 4.98 Å². The van der Waals surface area contributed by atoms with E-state index in [-0.39, 0.29) is 12.5 Å². The van der Waals surface area contributed by atoms with Crippen molar-refractivity contribution in [2.75, 3.05) is 43.1 Å². The van der Waals surface area contributed by atoms with Crippen LogP contribution in [-0.4, -0.2) is 48.8 Å². The second-order valence-electron chi connectivity index (χ2n) is 8.32. The number of nitrogens with one attached hydrogen (secondary N) is 2. The van der Waals surface area contributed by atoms with E-state index in [1.165, 1.54) is 0 Å². The van der Waals surface area contributed by atoms with Crippen LogP contribution in [0.1, 0.15) is 11.4 Å². The van der Waals surface area contributed by atoms with Gasteiger partial charge in [0.15, 0.2) is 6.61 Å². The Hall–Kier alpha value is -4.61. The predicted molar refractivity (Wildman–Crippen MR) is 140 cm³/mol. The summed E-state index contributed by atoms with van der Waals surface area (Å²) in [5.74, 6) is 0.843. The number of aromatic nitrogens is 2. The quantitative estimate of drug-likeness (QED) is 0.379. The number of H-pyrrole nitrogens is 1. The molecule has 1 aliphatic heterocycles.